The van der Waals surface area contributed by atoms with Gasteiger partial charge in [0.15, 0.2) is 0 Å². The number of hydrogen-bond donors (Lipinski definition) is 2. The van der Waals surface area contributed by atoms with Crippen molar-refractivity contribution in [2.45, 2.75) is 19.9 Å². The molecule has 1 aromatic heterocycles. The average molecular weight is 278 g/mol. The van der Waals surface area contributed by atoms with Gasteiger partial charge < -0.3 is 10.4 Å². The fourth-order valence-corrected chi connectivity index (χ4v) is 2.50. The minimum Gasteiger partial charge on any atom is -0.508 e. The van der Waals surface area contributed by atoms with Crippen LogP contribution >= 0.6 is 0 Å². The first-order valence-electron chi connectivity index (χ1n) is 7.04. The molecule has 3 nitrogen and oxygen atoms in total. The Morgan fingerprint density at radius 2 is 1.90 bits per heavy atom. The molecule has 2 N–H and O–H groups in total. The van der Waals surface area contributed by atoms with Crippen molar-refractivity contribution in [2.75, 3.05) is 5.32 Å². The van der Waals surface area contributed by atoms with Crippen LogP contribution in [0.2, 0.25) is 0 Å². The number of aryl methyl sites for hydroxylation is 1. The summed E-state index contributed by atoms with van der Waals surface area (Å²) in [5, 5.41) is 14.5. The predicted octanol–water partition coefficient (Wildman–Crippen LogP) is 4.42. The summed E-state index contributed by atoms with van der Waals surface area (Å²) in [5.74, 6) is 0.314. The van der Waals surface area contributed by atoms with Gasteiger partial charge in [-0.15, -0.1) is 0 Å². The number of fused-ring (bicyclic) bond motifs is 1. The van der Waals surface area contributed by atoms with E-state index >= 15 is 0 Å². The number of benzene rings is 2. The number of pyridine rings is 1. The minimum atomic E-state index is 0.00728. The number of para-hydroxylation sites is 1. The lowest BCUT2D eigenvalue weighted by Gasteiger charge is -2.17. The molecule has 0 aliphatic rings. The summed E-state index contributed by atoms with van der Waals surface area (Å²) in [6, 6.07) is 15.8. The first-order valence-corrected chi connectivity index (χ1v) is 7.04. The molecule has 0 fully saturated rings. The molecule has 0 saturated heterocycles. The molecule has 0 bridgehead atoms. The second-order valence-corrected chi connectivity index (χ2v) is 5.34. The summed E-state index contributed by atoms with van der Waals surface area (Å²) in [7, 11) is 0. The van der Waals surface area contributed by atoms with Crippen LogP contribution in [0, 0.1) is 6.92 Å². The van der Waals surface area contributed by atoms with Gasteiger partial charge >= 0.3 is 0 Å². The van der Waals surface area contributed by atoms with Crippen LogP contribution in [0.5, 0.6) is 5.75 Å². The molecule has 0 radical (unpaired) electrons. The van der Waals surface area contributed by atoms with Crippen LogP contribution in [0.4, 0.5) is 5.69 Å². The number of hydrogen-bond acceptors (Lipinski definition) is 3. The highest BCUT2D eigenvalue weighted by Crippen LogP contribution is 2.28. The van der Waals surface area contributed by atoms with Crippen LogP contribution in [0.15, 0.2) is 54.7 Å². The Bertz CT molecular complexity index is 783. The maximum atomic E-state index is 10.00. The molecule has 3 aromatic rings. The number of phenolic OH excluding ortho intramolecular Hbond substituents is 1. The molecule has 0 aliphatic carbocycles. The van der Waals surface area contributed by atoms with Crippen molar-refractivity contribution in [2.24, 2.45) is 0 Å². The van der Waals surface area contributed by atoms with Crippen LogP contribution in [0.1, 0.15) is 24.1 Å². The van der Waals surface area contributed by atoms with Gasteiger partial charge in [-0.25, -0.2) is 0 Å². The van der Waals surface area contributed by atoms with E-state index in [1.54, 1.807) is 6.07 Å². The number of aromatic nitrogens is 1. The Morgan fingerprint density at radius 1 is 1.10 bits per heavy atom. The van der Waals surface area contributed by atoms with Gasteiger partial charge in [-0.2, -0.15) is 0 Å². The number of rotatable bonds is 3. The summed E-state index contributed by atoms with van der Waals surface area (Å²) < 4.78 is 0. The third kappa shape index (κ3) is 2.82. The SMILES string of the molecule is Cc1ccc(O)c(C(C)Nc2cnc3ccccc3c2)c1. The Kier molecular flexibility index (Phi) is 3.48. The molecular formula is C18H18N2O. The van der Waals surface area contributed by atoms with Gasteiger partial charge in [0.05, 0.1) is 23.4 Å². The lowest BCUT2D eigenvalue weighted by molar-refractivity contribution is 0.465. The van der Waals surface area contributed by atoms with Crippen molar-refractivity contribution < 1.29 is 5.11 Å². The number of nitrogens with zero attached hydrogens (tertiary/aromatic N) is 1. The highest BCUT2D eigenvalue weighted by atomic mass is 16.3. The van der Waals surface area contributed by atoms with Crippen LogP contribution in [0.3, 0.4) is 0 Å². The van der Waals surface area contributed by atoms with Crippen LogP contribution in [-0.2, 0) is 0 Å². The Hall–Kier alpha value is -2.55. The van der Waals surface area contributed by atoms with Gasteiger partial charge in [0.1, 0.15) is 5.75 Å². The standard InChI is InChI=1S/C18H18N2O/c1-12-7-8-18(21)16(9-12)13(2)20-15-10-14-5-3-4-6-17(14)19-11-15/h3-11,13,20-21H,1-2H3. The molecule has 0 spiro atoms. The Labute approximate surface area is 124 Å². The maximum Gasteiger partial charge on any atom is 0.120 e. The fourth-order valence-electron chi connectivity index (χ4n) is 2.50. The highest BCUT2D eigenvalue weighted by molar-refractivity contribution is 5.81. The lowest BCUT2D eigenvalue weighted by Crippen LogP contribution is -2.07. The summed E-state index contributed by atoms with van der Waals surface area (Å²) in [6.07, 6.45) is 1.83. The smallest absolute Gasteiger partial charge is 0.120 e. The van der Waals surface area contributed by atoms with Crippen LogP contribution in [0.25, 0.3) is 10.9 Å². The van der Waals surface area contributed by atoms with Crippen molar-refractivity contribution in [3.8, 4) is 5.75 Å². The van der Waals surface area contributed by atoms with Gasteiger partial charge in [-0.1, -0.05) is 35.9 Å². The van der Waals surface area contributed by atoms with Crippen molar-refractivity contribution in [1.82, 2.24) is 4.98 Å². The molecule has 0 saturated carbocycles. The fraction of sp³-hybridized carbons (Fsp3) is 0.167. The summed E-state index contributed by atoms with van der Waals surface area (Å²) in [5.41, 5.74) is 3.95. The van der Waals surface area contributed by atoms with Crippen molar-refractivity contribution in [3.63, 3.8) is 0 Å². The van der Waals surface area contributed by atoms with Crippen LogP contribution in [-0.4, -0.2) is 10.1 Å². The zero-order chi connectivity index (χ0) is 14.8. The first-order chi connectivity index (χ1) is 10.1. The molecular weight excluding hydrogens is 260 g/mol. The molecule has 2 aromatic carbocycles. The highest BCUT2D eigenvalue weighted by Gasteiger charge is 2.11. The molecule has 0 amide bonds. The normalized spacial score (nSPS) is 12.3. The van der Waals surface area contributed by atoms with E-state index < -0.39 is 0 Å². The monoisotopic (exact) mass is 278 g/mol. The molecule has 1 unspecified atom stereocenters. The Morgan fingerprint density at radius 3 is 2.76 bits per heavy atom. The second kappa shape index (κ2) is 5.44. The number of aromatic hydroxyl groups is 1. The van der Waals surface area contributed by atoms with Crippen molar-refractivity contribution >= 4 is 16.6 Å². The zero-order valence-corrected chi connectivity index (χ0v) is 12.2. The molecule has 21 heavy (non-hydrogen) atoms. The van der Waals surface area contributed by atoms with Crippen LogP contribution < -0.4 is 5.32 Å². The van der Waals surface area contributed by atoms with E-state index in [4.69, 9.17) is 0 Å². The number of phenols is 1. The largest absolute Gasteiger partial charge is 0.508 e. The first kappa shape index (κ1) is 13.4. The van der Waals surface area contributed by atoms with E-state index in [1.807, 2.05) is 56.4 Å². The third-order valence-corrected chi connectivity index (χ3v) is 3.62. The number of nitrogens with one attached hydrogen (secondary N) is 1. The van der Waals surface area contributed by atoms with Gasteiger partial charge in [0, 0.05) is 10.9 Å². The topological polar surface area (TPSA) is 45.1 Å². The van der Waals surface area contributed by atoms with E-state index in [2.05, 4.69) is 16.4 Å². The summed E-state index contributed by atoms with van der Waals surface area (Å²) in [6.45, 7) is 4.05. The molecule has 3 heteroatoms. The van der Waals surface area contributed by atoms with Gasteiger partial charge in [0.25, 0.3) is 0 Å². The third-order valence-electron chi connectivity index (χ3n) is 3.62. The second-order valence-electron chi connectivity index (χ2n) is 5.34. The summed E-state index contributed by atoms with van der Waals surface area (Å²) in [4.78, 5) is 4.44. The van der Waals surface area contributed by atoms with E-state index in [9.17, 15) is 5.11 Å². The quantitative estimate of drug-likeness (QED) is 0.745. The molecule has 106 valence electrons. The molecule has 0 aliphatic heterocycles. The number of anilines is 1. The van der Waals surface area contributed by atoms with Crippen molar-refractivity contribution in [1.29, 1.82) is 0 Å². The predicted molar refractivity (Wildman–Crippen MR) is 86.6 cm³/mol. The van der Waals surface area contributed by atoms with E-state index in [1.165, 1.54) is 0 Å². The zero-order valence-electron chi connectivity index (χ0n) is 12.2. The lowest BCUT2D eigenvalue weighted by atomic mass is 10.0. The van der Waals surface area contributed by atoms with Gasteiger partial charge in [-0.05, 0) is 32.0 Å². The molecule has 1 heterocycles. The van der Waals surface area contributed by atoms with E-state index in [0.29, 0.717) is 5.75 Å². The van der Waals surface area contributed by atoms with E-state index in [0.717, 1.165) is 27.7 Å². The summed E-state index contributed by atoms with van der Waals surface area (Å²) >= 11 is 0. The maximum absolute atomic E-state index is 10.00. The van der Waals surface area contributed by atoms with Gasteiger partial charge in [0.2, 0.25) is 0 Å². The van der Waals surface area contributed by atoms with Gasteiger partial charge in [-0.3, -0.25) is 4.98 Å². The van der Waals surface area contributed by atoms with Crippen molar-refractivity contribution in [3.05, 3.63) is 65.9 Å². The van der Waals surface area contributed by atoms with E-state index in [-0.39, 0.29) is 6.04 Å². The Balaban J connectivity index is 1.88. The minimum absolute atomic E-state index is 0.00728. The molecule has 1 atom stereocenters. The average Bonchev–Trinajstić information content (AvgIpc) is 2.49. The molecule has 3 rings (SSSR count).